The van der Waals surface area contributed by atoms with Gasteiger partial charge in [0.15, 0.2) is 0 Å². The van der Waals surface area contributed by atoms with Crippen molar-refractivity contribution in [2.75, 3.05) is 0 Å². The number of piperidine rings is 1. The number of nitrogens with one attached hydrogen (secondary N) is 2. The van der Waals surface area contributed by atoms with Gasteiger partial charge >= 0.3 is 0 Å². The zero-order valence-corrected chi connectivity index (χ0v) is 14.2. The van der Waals surface area contributed by atoms with Gasteiger partial charge in [0, 0.05) is 39.5 Å². The quantitative estimate of drug-likeness (QED) is 0.700. The minimum atomic E-state index is -0.225. The molecule has 2 aromatic rings. The molecule has 1 aromatic carbocycles. The second-order valence-corrected chi connectivity index (χ2v) is 8.84. The van der Waals surface area contributed by atoms with Crippen molar-refractivity contribution >= 4 is 10.9 Å². The second-order valence-electron chi connectivity index (χ2n) is 8.84. The van der Waals surface area contributed by atoms with Crippen LogP contribution in [0.3, 0.4) is 0 Å². The summed E-state index contributed by atoms with van der Waals surface area (Å²) < 4.78 is 0. The average molecular weight is 310 g/mol. The van der Waals surface area contributed by atoms with E-state index in [1.807, 2.05) is 0 Å². The van der Waals surface area contributed by atoms with E-state index >= 15 is 0 Å². The number of benzene rings is 1. The Kier molecular flexibility index (Phi) is 2.57. The third-order valence-electron chi connectivity index (χ3n) is 7.20. The maximum atomic E-state index is 10.9. The Morgan fingerprint density at radius 2 is 1.91 bits per heavy atom. The van der Waals surface area contributed by atoms with Crippen LogP contribution in [0.5, 0.6) is 0 Å². The van der Waals surface area contributed by atoms with Gasteiger partial charge in [-0.15, -0.1) is 0 Å². The van der Waals surface area contributed by atoms with E-state index in [0.29, 0.717) is 17.9 Å². The first-order valence-electron chi connectivity index (χ1n) is 8.96. The number of rotatable bonds is 0. The molecule has 23 heavy (non-hydrogen) atoms. The van der Waals surface area contributed by atoms with Crippen molar-refractivity contribution < 1.29 is 5.11 Å². The fourth-order valence-corrected chi connectivity index (χ4v) is 6.09. The number of fused-ring (bicyclic) bond motifs is 5. The Morgan fingerprint density at radius 1 is 1.13 bits per heavy atom. The molecule has 5 atom stereocenters. The molecule has 2 fully saturated rings. The van der Waals surface area contributed by atoms with Gasteiger partial charge < -0.3 is 15.4 Å². The minimum absolute atomic E-state index is 0.0194. The van der Waals surface area contributed by atoms with Gasteiger partial charge in [0.25, 0.3) is 0 Å². The number of aliphatic hydroxyl groups is 1. The normalized spacial score (nSPS) is 40.9. The van der Waals surface area contributed by atoms with Crippen LogP contribution in [-0.4, -0.2) is 27.8 Å². The topological polar surface area (TPSA) is 48.0 Å². The van der Waals surface area contributed by atoms with E-state index in [1.54, 1.807) is 0 Å². The van der Waals surface area contributed by atoms with E-state index in [2.05, 4.69) is 55.3 Å². The smallest absolute Gasteiger partial charge is 0.0595 e. The fraction of sp³-hybridized carbons (Fsp3) is 0.600. The predicted octanol–water partition coefficient (Wildman–Crippen LogP) is 3.12. The zero-order chi connectivity index (χ0) is 16.0. The van der Waals surface area contributed by atoms with Crippen molar-refractivity contribution in [3.63, 3.8) is 0 Å². The van der Waals surface area contributed by atoms with E-state index in [0.717, 1.165) is 19.3 Å². The molecule has 0 amide bonds. The first-order chi connectivity index (χ1) is 10.9. The highest BCUT2D eigenvalue weighted by Crippen LogP contribution is 2.56. The van der Waals surface area contributed by atoms with E-state index in [1.165, 1.54) is 22.2 Å². The zero-order valence-electron chi connectivity index (χ0n) is 14.2. The van der Waals surface area contributed by atoms with Crippen LogP contribution in [0.15, 0.2) is 24.3 Å². The van der Waals surface area contributed by atoms with Gasteiger partial charge in [-0.1, -0.05) is 25.1 Å². The van der Waals surface area contributed by atoms with E-state index < -0.39 is 0 Å². The summed E-state index contributed by atoms with van der Waals surface area (Å²) in [5.41, 5.74) is 4.18. The standard InChI is InChI=1S/C20H26N2O/c1-19(2)14-9-13-16(22-19)8-12-11-6-4-5-7-15(11)21-18(12)20(13,3)10-17(14)23/h4-7,13-14,16-17,21-23H,8-10H2,1-3H3. The molecule has 122 valence electrons. The number of para-hydroxylation sites is 1. The molecule has 1 saturated heterocycles. The highest BCUT2D eigenvalue weighted by Gasteiger charge is 2.58. The third-order valence-corrected chi connectivity index (χ3v) is 7.20. The van der Waals surface area contributed by atoms with Crippen LogP contribution in [0, 0.1) is 11.8 Å². The van der Waals surface area contributed by atoms with Crippen molar-refractivity contribution in [2.45, 2.75) is 63.1 Å². The molecular formula is C20H26N2O. The maximum absolute atomic E-state index is 10.9. The molecule has 2 bridgehead atoms. The van der Waals surface area contributed by atoms with Gasteiger partial charge in [0.2, 0.25) is 0 Å². The van der Waals surface area contributed by atoms with Gasteiger partial charge in [-0.25, -0.2) is 0 Å². The van der Waals surface area contributed by atoms with Crippen molar-refractivity contribution in [2.24, 2.45) is 11.8 Å². The van der Waals surface area contributed by atoms with Gasteiger partial charge in [-0.3, -0.25) is 0 Å². The summed E-state index contributed by atoms with van der Waals surface area (Å²) in [5.74, 6) is 0.979. The summed E-state index contributed by atoms with van der Waals surface area (Å²) in [6.07, 6.45) is 2.89. The summed E-state index contributed by atoms with van der Waals surface area (Å²) in [4.78, 5) is 3.72. The number of hydrogen-bond acceptors (Lipinski definition) is 2. The summed E-state index contributed by atoms with van der Waals surface area (Å²) in [5, 5.41) is 16.1. The molecule has 0 radical (unpaired) electrons. The van der Waals surface area contributed by atoms with Gasteiger partial charge in [-0.05, 0) is 50.7 Å². The van der Waals surface area contributed by atoms with Crippen LogP contribution in [-0.2, 0) is 11.8 Å². The van der Waals surface area contributed by atoms with Gasteiger partial charge in [0.1, 0.15) is 0 Å². The Morgan fingerprint density at radius 3 is 2.74 bits per heavy atom. The average Bonchev–Trinajstić information content (AvgIpc) is 2.85. The van der Waals surface area contributed by atoms with Crippen LogP contribution in [0.25, 0.3) is 10.9 Å². The second kappa shape index (κ2) is 4.20. The van der Waals surface area contributed by atoms with Crippen LogP contribution in [0.1, 0.15) is 44.9 Å². The van der Waals surface area contributed by atoms with Crippen molar-refractivity contribution in [3.05, 3.63) is 35.5 Å². The molecule has 1 saturated carbocycles. The lowest BCUT2D eigenvalue weighted by atomic mass is 9.51. The summed E-state index contributed by atoms with van der Waals surface area (Å²) >= 11 is 0. The Balaban J connectivity index is 1.74. The molecule has 2 aliphatic carbocycles. The molecule has 3 N–H and O–H groups in total. The highest BCUT2D eigenvalue weighted by atomic mass is 16.3. The van der Waals surface area contributed by atoms with E-state index in [4.69, 9.17) is 0 Å². The van der Waals surface area contributed by atoms with Gasteiger partial charge in [-0.2, -0.15) is 0 Å². The summed E-state index contributed by atoms with van der Waals surface area (Å²) in [6, 6.07) is 9.18. The molecule has 1 aliphatic heterocycles. The van der Waals surface area contributed by atoms with Gasteiger partial charge in [0.05, 0.1) is 6.10 Å². The molecular weight excluding hydrogens is 284 g/mol. The SMILES string of the molecule is CC1(C)NC2Cc3c([nH]c4ccccc34)C3(C)CC(O)C1CC23. The number of aliphatic hydroxyl groups excluding tert-OH is 1. The lowest BCUT2D eigenvalue weighted by molar-refractivity contribution is -0.0827. The monoisotopic (exact) mass is 310 g/mol. The number of hydrogen-bond donors (Lipinski definition) is 3. The lowest BCUT2D eigenvalue weighted by Gasteiger charge is -2.61. The van der Waals surface area contributed by atoms with Crippen molar-refractivity contribution in [3.8, 4) is 0 Å². The summed E-state index contributed by atoms with van der Waals surface area (Å²) in [7, 11) is 0. The van der Waals surface area contributed by atoms with E-state index in [9.17, 15) is 5.11 Å². The molecule has 0 spiro atoms. The largest absolute Gasteiger partial charge is 0.393 e. The van der Waals surface area contributed by atoms with Crippen molar-refractivity contribution in [1.82, 2.24) is 10.3 Å². The third kappa shape index (κ3) is 1.67. The van der Waals surface area contributed by atoms with Crippen LogP contribution >= 0.6 is 0 Å². The molecule has 3 aliphatic rings. The first kappa shape index (κ1) is 14.1. The Hall–Kier alpha value is -1.32. The van der Waals surface area contributed by atoms with Crippen LogP contribution < -0.4 is 5.32 Å². The molecule has 3 heteroatoms. The molecule has 1 aromatic heterocycles. The Labute approximate surface area is 137 Å². The van der Waals surface area contributed by atoms with E-state index in [-0.39, 0.29) is 17.1 Å². The summed E-state index contributed by atoms with van der Waals surface area (Å²) in [6.45, 7) is 6.91. The molecule has 2 heterocycles. The molecule has 3 nitrogen and oxygen atoms in total. The molecule has 5 unspecified atom stereocenters. The number of aromatic nitrogens is 1. The minimum Gasteiger partial charge on any atom is -0.393 e. The number of aromatic amines is 1. The lowest BCUT2D eigenvalue weighted by Crippen LogP contribution is -2.69. The fourth-order valence-electron chi connectivity index (χ4n) is 6.09. The van der Waals surface area contributed by atoms with Crippen LogP contribution in [0.2, 0.25) is 0 Å². The highest BCUT2D eigenvalue weighted by molar-refractivity contribution is 5.85. The van der Waals surface area contributed by atoms with Crippen molar-refractivity contribution in [1.29, 1.82) is 0 Å². The maximum Gasteiger partial charge on any atom is 0.0595 e. The Bertz CT molecular complexity index is 792. The predicted molar refractivity (Wildman–Crippen MR) is 92.6 cm³/mol. The molecule has 5 rings (SSSR count). The van der Waals surface area contributed by atoms with Crippen LogP contribution in [0.4, 0.5) is 0 Å². The first-order valence-corrected chi connectivity index (χ1v) is 8.96. The number of H-pyrrole nitrogens is 1.